The van der Waals surface area contributed by atoms with E-state index in [-0.39, 0.29) is 24.3 Å². The van der Waals surface area contributed by atoms with E-state index in [0.29, 0.717) is 31.6 Å². The topological polar surface area (TPSA) is 79.1 Å². The van der Waals surface area contributed by atoms with Gasteiger partial charge in [0.1, 0.15) is 18.1 Å². The van der Waals surface area contributed by atoms with E-state index >= 15 is 0 Å². The maximum atomic E-state index is 14.4. The predicted molar refractivity (Wildman–Crippen MR) is 202 cm³/mol. The highest BCUT2D eigenvalue weighted by Crippen LogP contribution is 2.36. The average molecular weight is 889 g/mol. The molecule has 7 nitrogen and oxygen atoms in total. The zero-order valence-corrected chi connectivity index (χ0v) is 31.1. The van der Waals surface area contributed by atoms with Crippen molar-refractivity contribution in [2.45, 2.75) is 19.6 Å². The number of thiazole rings is 1. The summed E-state index contributed by atoms with van der Waals surface area (Å²) >= 11 is 12.2. The molecule has 0 saturated carbocycles. The van der Waals surface area contributed by atoms with Gasteiger partial charge < -0.3 is 14.2 Å². The molecule has 0 fully saturated rings. The molecule has 4 aromatic carbocycles. The molecule has 5 aromatic rings. The fourth-order valence-electron chi connectivity index (χ4n) is 5.29. The van der Waals surface area contributed by atoms with Gasteiger partial charge in [-0.1, -0.05) is 83.6 Å². The molecule has 0 bridgehead atoms. The van der Waals surface area contributed by atoms with Crippen molar-refractivity contribution in [1.82, 2.24) is 4.57 Å². The number of nitrogens with zero attached hydrogens (tertiary/aromatic N) is 2. The van der Waals surface area contributed by atoms with Gasteiger partial charge in [0.25, 0.3) is 5.56 Å². The van der Waals surface area contributed by atoms with E-state index in [1.54, 1.807) is 18.6 Å². The van der Waals surface area contributed by atoms with Crippen LogP contribution >= 0.6 is 68.1 Å². The number of hydrogen-bond acceptors (Lipinski definition) is 7. The second-order valence-corrected chi connectivity index (χ2v) is 14.2. The van der Waals surface area contributed by atoms with E-state index in [0.717, 1.165) is 29.4 Å². The first-order valence-electron chi connectivity index (χ1n) is 14.6. The van der Waals surface area contributed by atoms with Crippen LogP contribution < -0.4 is 24.4 Å². The van der Waals surface area contributed by atoms with Crippen LogP contribution in [0.1, 0.15) is 35.2 Å². The quantitative estimate of drug-likeness (QED) is 0.114. The highest BCUT2D eigenvalue weighted by Gasteiger charge is 2.35. The number of methoxy groups -OCH3 is 1. The lowest BCUT2D eigenvalue weighted by atomic mass is 9.93. The first kappa shape index (κ1) is 33.4. The van der Waals surface area contributed by atoms with E-state index < -0.39 is 12.0 Å². The van der Waals surface area contributed by atoms with Crippen LogP contribution in [-0.4, -0.2) is 24.3 Å². The SMILES string of the molecule is CCOC(=O)C1=C(c2ccccc2)N=c2s/c(=C\c3cc(I)cc(I)c3OCc3ccccc3Cl)c(=O)n2[C@@H]1c1ccc(OC)cc1. The highest BCUT2D eigenvalue weighted by molar-refractivity contribution is 14.1. The van der Waals surface area contributed by atoms with Crippen LogP contribution in [0.15, 0.2) is 106 Å². The number of fused-ring (bicyclic) bond motifs is 1. The third-order valence-electron chi connectivity index (χ3n) is 7.46. The smallest absolute Gasteiger partial charge is 0.338 e. The molecule has 1 aliphatic heterocycles. The molecule has 0 aliphatic carbocycles. The molecule has 0 saturated heterocycles. The highest BCUT2D eigenvalue weighted by atomic mass is 127. The summed E-state index contributed by atoms with van der Waals surface area (Å²) < 4.78 is 21.2. The van der Waals surface area contributed by atoms with Crippen LogP contribution in [-0.2, 0) is 16.1 Å². The van der Waals surface area contributed by atoms with Crippen molar-refractivity contribution in [3.8, 4) is 11.5 Å². The van der Waals surface area contributed by atoms with Crippen molar-refractivity contribution < 1.29 is 19.0 Å². The van der Waals surface area contributed by atoms with Crippen LogP contribution in [0.25, 0.3) is 11.8 Å². The molecular weight excluding hydrogens is 862 g/mol. The van der Waals surface area contributed by atoms with E-state index in [9.17, 15) is 9.59 Å². The Kier molecular flexibility index (Phi) is 10.5. The van der Waals surface area contributed by atoms with Crippen molar-refractivity contribution in [1.29, 1.82) is 0 Å². The summed E-state index contributed by atoms with van der Waals surface area (Å²) in [4.78, 5) is 33.6. The van der Waals surface area contributed by atoms with Gasteiger partial charge in [-0.15, -0.1) is 0 Å². The molecule has 1 aromatic heterocycles. The van der Waals surface area contributed by atoms with E-state index in [2.05, 4.69) is 45.2 Å². The molecule has 0 N–H and O–H groups in total. The monoisotopic (exact) mass is 888 g/mol. The lowest BCUT2D eigenvalue weighted by Gasteiger charge is -2.26. The van der Waals surface area contributed by atoms with Gasteiger partial charge in [-0.2, -0.15) is 0 Å². The molecule has 2 heterocycles. The molecule has 1 aliphatic rings. The number of hydrogen-bond donors (Lipinski definition) is 0. The van der Waals surface area contributed by atoms with Crippen LogP contribution in [0.4, 0.5) is 0 Å². The summed E-state index contributed by atoms with van der Waals surface area (Å²) in [5.41, 5.74) is 3.53. The second kappa shape index (κ2) is 14.8. The minimum absolute atomic E-state index is 0.173. The van der Waals surface area contributed by atoms with Crippen molar-refractivity contribution in [2.75, 3.05) is 13.7 Å². The first-order valence-corrected chi connectivity index (χ1v) is 17.9. The first-order chi connectivity index (χ1) is 22.8. The molecule has 0 amide bonds. The Labute approximate surface area is 307 Å². The molecule has 1 atom stereocenters. The van der Waals surface area contributed by atoms with Gasteiger partial charge in [-0.3, -0.25) is 9.36 Å². The van der Waals surface area contributed by atoms with Gasteiger partial charge >= 0.3 is 5.97 Å². The minimum atomic E-state index is -0.791. The molecule has 11 heteroatoms. The fraction of sp³-hybridized carbons (Fsp3) is 0.139. The standard InChI is InChI=1S/C36H27ClI2N2O5S/c1-3-45-35(43)30-31(21-9-5-4-6-10-21)40-36-41(32(30)22-13-15-26(44-2)16-14-22)34(42)29(47-36)18-24-17-25(38)19-28(39)33(24)46-20-23-11-7-8-12-27(23)37/h4-19,32H,3,20H2,1-2H3/b29-18-/t32-/m1/s1. The summed E-state index contributed by atoms with van der Waals surface area (Å²) in [6, 6.07) is 27.6. The normalized spacial score (nSPS) is 14.4. The van der Waals surface area contributed by atoms with Crippen molar-refractivity contribution in [3.63, 3.8) is 0 Å². The molecule has 0 radical (unpaired) electrons. The van der Waals surface area contributed by atoms with Gasteiger partial charge in [0.15, 0.2) is 4.80 Å². The molecule has 47 heavy (non-hydrogen) atoms. The number of esters is 1. The maximum Gasteiger partial charge on any atom is 0.338 e. The lowest BCUT2D eigenvalue weighted by Crippen LogP contribution is -2.40. The molecular formula is C36H27ClI2N2O5S. The zero-order valence-electron chi connectivity index (χ0n) is 25.2. The molecule has 0 unspecified atom stereocenters. The van der Waals surface area contributed by atoms with Gasteiger partial charge in [0.05, 0.1) is 39.1 Å². The Balaban J connectivity index is 1.56. The number of carbonyl (C=O) groups excluding carboxylic acids is 1. The summed E-state index contributed by atoms with van der Waals surface area (Å²) in [5.74, 6) is 0.761. The number of rotatable bonds is 9. The van der Waals surface area contributed by atoms with E-state index in [1.807, 2.05) is 97.1 Å². The van der Waals surface area contributed by atoms with Crippen LogP contribution in [0.5, 0.6) is 11.5 Å². The molecule has 6 rings (SSSR count). The van der Waals surface area contributed by atoms with Gasteiger partial charge in [0, 0.05) is 25.3 Å². The Morgan fingerprint density at radius 2 is 1.74 bits per heavy atom. The third kappa shape index (κ3) is 7.06. The molecule has 0 spiro atoms. The van der Waals surface area contributed by atoms with Gasteiger partial charge in [0.2, 0.25) is 0 Å². The molecule has 238 valence electrons. The van der Waals surface area contributed by atoms with Crippen LogP contribution in [0, 0.1) is 7.14 Å². The Morgan fingerprint density at radius 1 is 1.02 bits per heavy atom. The van der Waals surface area contributed by atoms with Crippen LogP contribution in [0.3, 0.4) is 0 Å². The summed E-state index contributed by atoms with van der Waals surface area (Å²) in [7, 11) is 1.59. The number of benzene rings is 4. The third-order valence-corrected chi connectivity index (χ3v) is 10.2. The Bertz CT molecular complexity index is 2180. The predicted octanol–water partition coefficient (Wildman–Crippen LogP) is 7.39. The number of carbonyl (C=O) groups is 1. The zero-order chi connectivity index (χ0) is 33.1. The van der Waals surface area contributed by atoms with E-state index in [4.69, 9.17) is 30.8 Å². The number of aromatic nitrogens is 1. The second-order valence-electron chi connectivity index (χ2n) is 10.4. The van der Waals surface area contributed by atoms with Crippen molar-refractivity contribution in [2.24, 2.45) is 4.99 Å². The van der Waals surface area contributed by atoms with E-state index in [1.165, 1.54) is 11.3 Å². The van der Waals surface area contributed by atoms with Crippen molar-refractivity contribution in [3.05, 3.63) is 151 Å². The van der Waals surface area contributed by atoms with Gasteiger partial charge in [-0.05, 0) is 94.1 Å². The summed E-state index contributed by atoms with van der Waals surface area (Å²) in [6.45, 7) is 2.19. The number of halogens is 3. The lowest BCUT2D eigenvalue weighted by molar-refractivity contribution is -0.138. The Hall–Kier alpha value is -3.46. The van der Waals surface area contributed by atoms with Crippen molar-refractivity contribution >= 4 is 85.9 Å². The summed E-state index contributed by atoms with van der Waals surface area (Å²) in [5, 5.41) is 0.619. The largest absolute Gasteiger partial charge is 0.497 e. The fourth-order valence-corrected chi connectivity index (χ4v) is 8.52. The number of ether oxygens (including phenoxy) is 3. The van der Waals surface area contributed by atoms with Gasteiger partial charge in [-0.25, -0.2) is 9.79 Å². The Morgan fingerprint density at radius 3 is 2.45 bits per heavy atom. The summed E-state index contributed by atoms with van der Waals surface area (Å²) in [6.07, 6.45) is 1.83. The van der Waals surface area contributed by atoms with Crippen LogP contribution in [0.2, 0.25) is 5.02 Å². The average Bonchev–Trinajstić information content (AvgIpc) is 3.38. The minimum Gasteiger partial charge on any atom is -0.497 e. The maximum absolute atomic E-state index is 14.4.